The van der Waals surface area contributed by atoms with E-state index in [4.69, 9.17) is 4.74 Å². The van der Waals surface area contributed by atoms with E-state index in [1.54, 1.807) is 4.90 Å². The van der Waals surface area contributed by atoms with Gasteiger partial charge in [0, 0.05) is 26.2 Å². The summed E-state index contributed by atoms with van der Waals surface area (Å²) in [7, 11) is 0. The first-order valence-electron chi connectivity index (χ1n) is 13.6. The summed E-state index contributed by atoms with van der Waals surface area (Å²) < 4.78 is 6.73. The lowest BCUT2D eigenvalue weighted by atomic mass is 9.62. The zero-order chi connectivity index (χ0) is 26.9. The predicted octanol–water partition coefficient (Wildman–Crippen LogP) is 2.40. The van der Waals surface area contributed by atoms with Crippen LogP contribution in [0.4, 0.5) is 0 Å². The largest absolute Gasteiger partial charge is 0.396 e. The number of benzene rings is 2. The van der Waals surface area contributed by atoms with Crippen molar-refractivity contribution in [2.45, 2.75) is 63.4 Å². The molecule has 3 aliphatic heterocycles. The number of amides is 3. The lowest BCUT2D eigenvalue weighted by Crippen LogP contribution is -2.55. The molecule has 3 fully saturated rings. The molecule has 2 aromatic rings. The average Bonchev–Trinajstić information content (AvgIpc) is 3.44. The molecule has 3 heterocycles. The van der Waals surface area contributed by atoms with E-state index in [1.807, 2.05) is 74.5 Å². The lowest BCUT2D eigenvalue weighted by molar-refractivity contribution is -0.147. The summed E-state index contributed by atoms with van der Waals surface area (Å²) in [6.07, 6.45) is 1.61. The van der Waals surface area contributed by atoms with Crippen LogP contribution in [-0.2, 0) is 32.2 Å². The van der Waals surface area contributed by atoms with Crippen molar-refractivity contribution in [2.24, 2.45) is 17.8 Å². The maximum atomic E-state index is 14.0. The Balaban J connectivity index is 1.43. The van der Waals surface area contributed by atoms with Crippen molar-refractivity contribution in [1.82, 2.24) is 15.5 Å². The number of hydrogen-bond acceptors (Lipinski definition) is 5. The Bertz CT molecular complexity index is 1170. The van der Waals surface area contributed by atoms with Crippen LogP contribution in [0.1, 0.15) is 44.2 Å². The van der Waals surface area contributed by atoms with Gasteiger partial charge in [-0.25, -0.2) is 0 Å². The summed E-state index contributed by atoms with van der Waals surface area (Å²) in [4.78, 5) is 43.1. The van der Waals surface area contributed by atoms with E-state index in [0.29, 0.717) is 38.9 Å². The number of aliphatic hydroxyl groups excluding tert-OH is 1. The second kappa shape index (κ2) is 10.5. The number of ether oxygens (including phenoxy) is 1. The minimum Gasteiger partial charge on any atom is -0.396 e. The third-order valence-electron chi connectivity index (χ3n) is 8.77. The van der Waals surface area contributed by atoms with Gasteiger partial charge in [0.05, 0.1) is 17.4 Å². The summed E-state index contributed by atoms with van der Waals surface area (Å²) in [6.45, 7) is 4.99. The maximum Gasteiger partial charge on any atom is 0.246 e. The van der Waals surface area contributed by atoms with Crippen molar-refractivity contribution < 1.29 is 24.2 Å². The first kappa shape index (κ1) is 26.4. The number of carbonyl (C=O) groups is 3. The highest BCUT2D eigenvalue weighted by atomic mass is 16.5. The molecule has 2 aromatic carbocycles. The first-order valence-corrected chi connectivity index (χ1v) is 13.6. The lowest BCUT2D eigenvalue weighted by Gasteiger charge is -2.36. The second-order valence-corrected chi connectivity index (χ2v) is 11.1. The molecule has 8 nitrogen and oxygen atoms in total. The Kier molecular flexibility index (Phi) is 7.29. The van der Waals surface area contributed by atoms with E-state index in [-0.39, 0.29) is 30.2 Å². The summed E-state index contributed by atoms with van der Waals surface area (Å²) in [5, 5.41) is 15.4. The number of carbonyl (C=O) groups excluding carboxylic acids is 3. The molecule has 6 atom stereocenters. The maximum absolute atomic E-state index is 14.0. The number of aliphatic hydroxyl groups is 1. The average molecular weight is 520 g/mol. The van der Waals surface area contributed by atoms with E-state index < -0.39 is 29.1 Å². The normalized spacial score (nSPS) is 31.3. The van der Waals surface area contributed by atoms with E-state index >= 15 is 0 Å². The van der Waals surface area contributed by atoms with Crippen LogP contribution in [0.25, 0.3) is 0 Å². The van der Waals surface area contributed by atoms with Crippen LogP contribution in [0.2, 0.25) is 0 Å². The molecular weight excluding hydrogens is 482 g/mol. The van der Waals surface area contributed by atoms with Gasteiger partial charge >= 0.3 is 0 Å². The predicted molar refractivity (Wildman–Crippen MR) is 141 cm³/mol. The first-order chi connectivity index (χ1) is 18.3. The molecule has 3 saturated heterocycles. The molecule has 202 valence electrons. The fraction of sp³-hybridized carbons (Fsp3) is 0.500. The van der Waals surface area contributed by atoms with Crippen molar-refractivity contribution in [1.29, 1.82) is 0 Å². The number of nitrogens with one attached hydrogen (secondary N) is 2. The molecule has 8 heteroatoms. The third-order valence-corrected chi connectivity index (χ3v) is 8.77. The van der Waals surface area contributed by atoms with E-state index in [2.05, 4.69) is 10.6 Å². The van der Waals surface area contributed by atoms with Crippen LogP contribution in [0, 0.1) is 17.8 Å². The van der Waals surface area contributed by atoms with Gasteiger partial charge in [-0.1, -0.05) is 67.6 Å². The minimum absolute atomic E-state index is 0.0115. The van der Waals surface area contributed by atoms with Crippen LogP contribution < -0.4 is 10.6 Å². The van der Waals surface area contributed by atoms with Gasteiger partial charge in [-0.15, -0.1) is 0 Å². The van der Waals surface area contributed by atoms with Crippen LogP contribution in [0.3, 0.4) is 0 Å². The summed E-state index contributed by atoms with van der Waals surface area (Å²) in [5.74, 6) is -2.14. The molecule has 38 heavy (non-hydrogen) atoms. The van der Waals surface area contributed by atoms with Crippen molar-refractivity contribution >= 4 is 17.7 Å². The zero-order valence-corrected chi connectivity index (χ0v) is 22.1. The Morgan fingerprint density at radius 3 is 2.13 bits per heavy atom. The van der Waals surface area contributed by atoms with E-state index in [1.165, 1.54) is 0 Å². The van der Waals surface area contributed by atoms with Gasteiger partial charge in [0.1, 0.15) is 11.6 Å². The molecule has 1 spiro atoms. The monoisotopic (exact) mass is 519 g/mol. The second-order valence-electron chi connectivity index (χ2n) is 11.1. The summed E-state index contributed by atoms with van der Waals surface area (Å²) >= 11 is 0. The molecular formula is C30H37N3O5. The Morgan fingerprint density at radius 2 is 1.55 bits per heavy atom. The SMILES string of the molecule is CC1CC23O[C@@]1(C)[C@H](C(=O)NCc1ccccc1)[C@H]2C(=O)N(CCCCO)C3C(=O)NCc1ccccc1. The molecule has 3 unspecified atom stereocenters. The van der Waals surface area contributed by atoms with Crippen molar-refractivity contribution in [3.8, 4) is 0 Å². The number of fused-ring (bicyclic) bond motifs is 1. The molecule has 5 rings (SSSR count). The fourth-order valence-electron chi connectivity index (χ4n) is 6.85. The summed E-state index contributed by atoms with van der Waals surface area (Å²) in [6, 6.07) is 18.4. The number of likely N-dealkylation sites (tertiary alicyclic amines) is 1. The van der Waals surface area contributed by atoms with Gasteiger partial charge in [0.25, 0.3) is 0 Å². The molecule has 3 N–H and O–H groups in total. The van der Waals surface area contributed by atoms with Gasteiger partial charge in [0.2, 0.25) is 17.7 Å². The quantitative estimate of drug-likeness (QED) is 0.418. The van der Waals surface area contributed by atoms with Crippen molar-refractivity contribution in [3.63, 3.8) is 0 Å². The smallest absolute Gasteiger partial charge is 0.246 e. The standard InChI is InChI=1S/C30H37N3O5/c1-20-17-30-24(23(29(20,2)38-30)26(35)31-18-21-11-5-3-6-12-21)28(37)33(15-9-10-16-34)25(30)27(36)32-19-22-13-7-4-8-14-22/h3-8,11-14,20,23-25,34H,9-10,15-19H2,1-2H3,(H,31,35)(H,32,36)/t20?,23-,24-,25?,29+,30?/m0/s1. The highest BCUT2D eigenvalue weighted by molar-refractivity contribution is 5.99. The van der Waals surface area contributed by atoms with Crippen molar-refractivity contribution in [2.75, 3.05) is 13.2 Å². The minimum atomic E-state index is -1.07. The van der Waals surface area contributed by atoms with Gasteiger partial charge < -0.3 is 25.4 Å². The fourth-order valence-corrected chi connectivity index (χ4v) is 6.85. The van der Waals surface area contributed by atoms with Crippen LogP contribution in [0.15, 0.2) is 60.7 Å². The molecule has 3 aliphatic rings. The van der Waals surface area contributed by atoms with E-state index in [0.717, 1.165) is 11.1 Å². The third kappa shape index (κ3) is 4.39. The number of hydrogen-bond donors (Lipinski definition) is 3. The molecule has 0 saturated carbocycles. The van der Waals surface area contributed by atoms with E-state index in [9.17, 15) is 19.5 Å². The molecule has 0 aliphatic carbocycles. The van der Waals surface area contributed by atoms with Gasteiger partial charge in [-0.3, -0.25) is 14.4 Å². The Morgan fingerprint density at radius 1 is 0.974 bits per heavy atom. The van der Waals surface area contributed by atoms with Crippen molar-refractivity contribution in [3.05, 3.63) is 71.8 Å². The van der Waals surface area contributed by atoms with Gasteiger partial charge in [-0.05, 0) is 43.2 Å². The number of unbranched alkanes of at least 4 members (excludes halogenated alkanes) is 1. The highest BCUT2D eigenvalue weighted by Gasteiger charge is 2.79. The topological polar surface area (TPSA) is 108 Å². The summed E-state index contributed by atoms with van der Waals surface area (Å²) in [5.41, 5.74) is 0.0107. The highest BCUT2D eigenvalue weighted by Crippen LogP contribution is 2.65. The molecule has 0 radical (unpaired) electrons. The number of rotatable bonds is 10. The number of nitrogens with zero attached hydrogens (tertiary/aromatic N) is 1. The Labute approximate surface area is 223 Å². The van der Waals surface area contributed by atoms with Gasteiger partial charge in [-0.2, -0.15) is 0 Å². The van der Waals surface area contributed by atoms with Crippen LogP contribution >= 0.6 is 0 Å². The van der Waals surface area contributed by atoms with Gasteiger partial charge in [0.15, 0.2) is 0 Å². The molecule has 3 amide bonds. The van der Waals surface area contributed by atoms with Crippen LogP contribution in [-0.4, -0.2) is 58.1 Å². The van der Waals surface area contributed by atoms with Crippen LogP contribution in [0.5, 0.6) is 0 Å². The zero-order valence-electron chi connectivity index (χ0n) is 22.1. The molecule has 0 aromatic heterocycles. The molecule has 2 bridgehead atoms. The Hall–Kier alpha value is -3.23.